The van der Waals surface area contributed by atoms with Gasteiger partial charge >= 0.3 is 0 Å². The smallest absolute Gasteiger partial charge is 0.124 e. The molecule has 0 aliphatic heterocycles. The van der Waals surface area contributed by atoms with Crippen LogP contribution in [0.4, 0.5) is 4.39 Å². The number of aliphatic hydroxyl groups is 1. The van der Waals surface area contributed by atoms with Crippen molar-refractivity contribution in [3.05, 3.63) is 70.1 Å². The maximum atomic E-state index is 13.4. The fourth-order valence-electron chi connectivity index (χ4n) is 2.36. The Kier molecular flexibility index (Phi) is 3.59. The van der Waals surface area contributed by atoms with Gasteiger partial charge in [0.1, 0.15) is 5.82 Å². The Morgan fingerprint density at radius 2 is 1.90 bits per heavy atom. The highest BCUT2D eigenvalue weighted by atomic mass is 79.9. The van der Waals surface area contributed by atoms with Crippen molar-refractivity contribution in [3.63, 3.8) is 0 Å². The molecule has 0 radical (unpaired) electrons. The molecular weight excluding hydrogens is 321 g/mol. The van der Waals surface area contributed by atoms with Crippen molar-refractivity contribution in [1.29, 1.82) is 0 Å². The minimum absolute atomic E-state index is 0.0205. The molecule has 2 aromatic carbocycles. The molecule has 3 rings (SSSR count). The Morgan fingerprint density at radius 3 is 2.65 bits per heavy atom. The van der Waals surface area contributed by atoms with Gasteiger partial charge in [0.05, 0.1) is 6.61 Å². The van der Waals surface area contributed by atoms with Crippen LogP contribution in [0.25, 0.3) is 10.9 Å². The molecule has 0 atom stereocenters. The van der Waals surface area contributed by atoms with Crippen molar-refractivity contribution < 1.29 is 9.50 Å². The van der Waals surface area contributed by atoms with Crippen molar-refractivity contribution >= 4 is 26.8 Å². The van der Waals surface area contributed by atoms with Gasteiger partial charge in [-0.05, 0) is 46.8 Å². The van der Waals surface area contributed by atoms with Crippen LogP contribution < -0.4 is 0 Å². The zero-order valence-corrected chi connectivity index (χ0v) is 12.3. The van der Waals surface area contributed by atoms with Crippen molar-refractivity contribution in [2.75, 3.05) is 0 Å². The topological polar surface area (TPSA) is 25.2 Å². The third-order valence-electron chi connectivity index (χ3n) is 3.30. The summed E-state index contributed by atoms with van der Waals surface area (Å²) in [7, 11) is 0. The lowest BCUT2D eigenvalue weighted by atomic mass is 10.1. The summed E-state index contributed by atoms with van der Waals surface area (Å²) in [6.07, 6.45) is 1.98. The highest BCUT2D eigenvalue weighted by Gasteiger charge is 2.05. The average molecular weight is 334 g/mol. The van der Waals surface area contributed by atoms with E-state index >= 15 is 0 Å². The number of fused-ring (bicyclic) bond motifs is 1. The van der Waals surface area contributed by atoms with Crippen molar-refractivity contribution in [2.24, 2.45) is 0 Å². The van der Waals surface area contributed by atoms with Crippen LogP contribution in [-0.4, -0.2) is 9.67 Å². The van der Waals surface area contributed by atoms with Crippen molar-refractivity contribution in [3.8, 4) is 0 Å². The first-order chi connectivity index (χ1) is 9.65. The quantitative estimate of drug-likeness (QED) is 0.767. The van der Waals surface area contributed by atoms with Gasteiger partial charge in [-0.1, -0.05) is 28.1 Å². The summed E-state index contributed by atoms with van der Waals surface area (Å²) in [6.45, 7) is 0.612. The molecule has 0 spiro atoms. The monoisotopic (exact) mass is 333 g/mol. The number of aliphatic hydroxyl groups excluding tert-OH is 1. The Bertz CT molecular complexity index is 746. The first kappa shape index (κ1) is 13.3. The van der Waals surface area contributed by atoms with Crippen LogP contribution >= 0.6 is 15.9 Å². The lowest BCUT2D eigenvalue weighted by molar-refractivity contribution is 0.282. The predicted octanol–water partition coefficient (Wildman–Crippen LogP) is 4.08. The van der Waals surface area contributed by atoms with E-state index in [1.807, 2.05) is 36.5 Å². The van der Waals surface area contributed by atoms with Gasteiger partial charge in [-0.3, -0.25) is 0 Å². The molecular formula is C16H13BrFNO. The molecule has 102 valence electrons. The van der Waals surface area contributed by atoms with Crippen LogP contribution in [0, 0.1) is 5.82 Å². The van der Waals surface area contributed by atoms with Gasteiger partial charge in [-0.2, -0.15) is 0 Å². The largest absolute Gasteiger partial charge is 0.392 e. The summed E-state index contributed by atoms with van der Waals surface area (Å²) in [4.78, 5) is 0. The van der Waals surface area contributed by atoms with Gasteiger partial charge in [0.15, 0.2) is 0 Å². The molecule has 0 aliphatic carbocycles. The van der Waals surface area contributed by atoms with E-state index in [0.717, 1.165) is 26.5 Å². The molecule has 0 aliphatic rings. The second kappa shape index (κ2) is 5.38. The maximum Gasteiger partial charge on any atom is 0.124 e. The number of aromatic nitrogens is 1. The van der Waals surface area contributed by atoms with Crippen LogP contribution in [0.15, 0.2) is 53.1 Å². The number of nitrogens with zero attached hydrogens (tertiary/aromatic N) is 1. The van der Waals surface area contributed by atoms with E-state index in [4.69, 9.17) is 0 Å². The van der Waals surface area contributed by atoms with Gasteiger partial charge in [0, 0.05) is 22.7 Å². The normalized spacial score (nSPS) is 11.2. The minimum atomic E-state index is -0.248. The summed E-state index contributed by atoms with van der Waals surface area (Å²) in [5, 5.41) is 10.3. The predicted molar refractivity (Wildman–Crippen MR) is 81.1 cm³/mol. The maximum absolute atomic E-state index is 13.4. The second-order valence-corrected chi connectivity index (χ2v) is 5.69. The number of hydrogen-bond donors (Lipinski definition) is 1. The van der Waals surface area contributed by atoms with E-state index in [1.54, 1.807) is 0 Å². The Hall–Kier alpha value is -1.65. The molecule has 4 heteroatoms. The van der Waals surface area contributed by atoms with E-state index < -0.39 is 0 Å². The number of rotatable bonds is 3. The molecule has 1 aromatic heterocycles. The molecule has 0 bridgehead atoms. The van der Waals surface area contributed by atoms with Crippen LogP contribution in [0.2, 0.25) is 0 Å². The van der Waals surface area contributed by atoms with Crippen LogP contribution in [0.5, 0.6) is 0 Å². The molecule has 0 amide bonds. The molecule has 0 unspecified atom stereocenters. The number of hydrogen-bond acceptors (Lipinski definition) is 1. The zero-order valence-electron chi connectivity index (χ0n) is 10.7. The lowest BCUT2D eigenvalue weighted by Gasteiger charge is -2.07. The van der Waals surface area contributed by atoms with Gasteiger partial charge in [0.25, 0.3) is 0 Å². The van der Waals surface area contributed by atoms with Crippen LogP contribution in [0.1, 0.15) is 11.1 Å². The van der Waals surface area contributed by atoms with Gasteiger partial charge in [-0.25, -0.2) is 4.39 Å². The van der Waals surface area contributed by atoms with Crippen LogP contribution in [-0.2, 0) is 13.2 Å². The molecule has 1 N–H and O–H groups in total. The van der Waals surface area contributed by atoms with Crippen molar-refractivity contribution in [2.45, 2.75) is 13.2 Å². The Balaban J connectivity index is 2.01. The third-order valence-corrected chi connectivity index (χ3v) is 3.75. The molecule has 3 aromatic rings. The first-order valence-electron chi connectivity index (χ1n) is 6.29. The SMILES string of the molecule is OCc1ccc2ccn(Cc3cc(F)cc(Br)c3)c2c1. The second-order valence-electron chi connectivity index (χ2n) is 4.77. The molecule has 0 saturated heterocycles. The van der Waals surface area contributed by atoms with Gasteiger partial charge in [-0.15, -0.1) is 0 Å². The first-order valence-corrected chi connectivity index (χ1v) is 7.08. The zero-order chi connectivity index (χ0) is 14.1. The van der Waals surface area contributed by atoms with E-state index in [-0.39, 0.29) is 12.4 Å². The number of halogens is 2. The fourth-order valence-corrected chi connectivity index (χ4v) is 2.88. The molecule has 0 fully saturated rings. The summed E-state index contributed by atoms with van der Waals surface area (Å²) in [5.74, 6) is -0.248. The lowest BCUT2D eigenvalue weighted by Crippen LogP contribution is -1.99. The highest BCUT2D eigenvalue weighted by Crippen LogP contribution is 2.21. The molecule has 1 heterocycles. The highest BCUT2D eigenvalue weighted by molar-refractivity contribution is 9.10. The third kappa shape index (κ3) is 2.62. The summed E-state index contributed by atoms with van der Waals surface area (Å²) < 4.78 is 16.2. The summed E-state index contributed by atoms with van der Waals surface area (Å²) in [6, 6.07) is 12.8. The van der Waals surface area contributed by atoms with E-state index in [2.05, 4.69) is 20.5 Å². The van der Waals surface area contributed by atoms with Gasteiger partial charge in [0.2, 0.25) is 0 Å². The number of benzene rings is 2. The minimum Gasteiger partial charge on any atom is -0.392 e. The van der Waals surface area contributed by atoms with E-state index in [1.165, 1.54) is 12.1 Å². The standard InChI is InChI=1S/C16H13BrFNO/c17-14-5-12(6-15(18)8-14)9-19-4-3-13-2-1-11(10-20)7-16(13)19/h1-8,20H,9-10H2. The summed E-state index contributed by atoms with van der Waals surface area (Å²) >= 11 is 3.31. The fraction of sp³-hybridized carbons (Fsp3) is 0.125. The molecule has 20 heavy (non-hydrogen) atoms. The van der Waals surface area contributed by atoms with Crippen molar-refractivity contribution in [1.82, 2.24) is 4.57 Å². The van der Waals surface area contributed by atoms with Gasteiger partial charge < -0.3 is 9.67 Å². The average Bonchev–Trinajstić information content (AvgIpc) is 2.80. The van der Waals surface area contributed by atoms with E-state index in [0.29, 0.717) is 6.54 Å². The molecule has 0 saturated carbocycles. The van der Waals surface area contributed by atoms with Crippen LogP contribution in [0.3, 0.4) is 0 Å². The molecule has 2 nitrogen and oxygen atoms in total. The Labute approximate surface area is 124 Å². The summed E-state index contributed by atoms with van der Waals surface area (Å²) in [5.41, 5.74) is 2.80. The Morgan fingerprint density at radius 1 is 1.05 bits per heavy atom. The van der Waals surface area contributed by atoms with E-state index in [9.17, 15) is 9.50 Å².